The van der Waals surface area contributed by atoms with Gasteiger partial charge < -0.3 is 10.6 Å². The molecule has 0 bridgehead atoms. The molecule has 1 aromatic carbocycles. The highest BCUT2D eigenvalue weighted by atomic mass is 35.5. The van der Waals surface area contributed by atoms with E-state index in [1.54, 1.807) is 6.07 Å². The fourth-order valence-electron chi connectivity index (χ4n) is 2.83. The normalized spacial score (nSPS) is 17.2. The topological polar surface area (TPSA) is 46.3 Å². The minimum atomic E-state index is -0.694. The molecule has 21 heavy (non-hydrogen) atoms. The van der Waals surface area contributed by atoms with Crippen molar-refractivity contribution in [1.82, 2.24) is 4.90 Å². The van der Waals surface area contributed by atoms with E-state index in [4.69, 9.17) is 28.9 Å². The van der Waals surface area contributed by atoms with Crippen LogP contribution in [-0.2, 0) is 11.3 Å². The molecule has 0 aromatic heterocycles. The van der Waals surface area contributed by atoms with Gasteiger partial charge in [0, 0.05) is 12.6 Å². The summed E-state index contributed by atoms with van der Waals surface area (Å²) in [4.78, 5) is 14.6. The summed E-state index contributed by atoms with van der Waals surface area (Å²) in [5.74, 6) is 0.0427. The van der Waals surface area contributed by atoms with Crippen LogP contribution in [0.1, 0.15) is 45.1 Å². The van der Waals surface area contributed by atoms with Crippen LogP contribution < -0.4 is 5.73 Å². The van der Waals surface area contributed by atoms with Crippen LogP contribution in [0, 0.1) is 0 Å². The van der Waals surface area contributed by atoms with E-state index >= 15 is 0 Å². The van der Waals surface area contributed by atoms with Crippen molar-refractivity contribution in [2.75, 3.05) is 0 Å². The number of benzene rings is 1. The van der Waals surface area contributed by atoms with E-state index in [0.717, 1.165) is 31.2 Å². The molecule has 0 heterocycles. The lowest BCUT2D eigenvalue weighted by molar-refractivity contribution is -0.139. The molecule has 0 spiro atoms. The number of carbonyl (C=O) groups excluding carboxylic acids is 1. The van der Waals surface area contributed by atoms with Gasteiger partial charge >= 0.3 is 0 Å². The summed E-state index contributed by atoms with van der Waals surface area (Å²) < 4.78 is 0. The second-order valence-corrected chi connectivity index (χ2v) is 6.95. The molecule has 0 atom stereocenters. The summed E-state index contributed by atoms with van der Waals surface area (Å²) >= 11 is 12.0. The van der Waals surface area contributed by atoms with Gasteiger partial charge in [-0.3, -0.25) is 4.79 Å². The van der Waals surface area contributed by atoms with Crippen LogP contribution in [0.3, 0.4) is 0 Å². The average molecular weight is 329 g/mol. The summed E-state index contributed by atoms with van der Waals surface area (Å²) in [6, 6.07) is 5.56. The molecule has 1 aromatic rings. The number of halogens is 2. The lowest BCUT2D eigenvalue weighted by Gasteiger charge is -2.34. The summed E-state index contributed by atoms with van der Waals surface area (Å²) in [6.07, 6.45) is 3.61. The Labute approximate surface area is 136 Å². The smallest absolute Gasteiger partial charge is 0.243 e. The van der Waals surface area contributed by atoms with Gasteiger partial charge in [-0.1, -0.05) is 42.1 Å². The number of hydrogen-bond donors (Lipinski definition) is 1. The molecule has 2 N–H and O–H groups in total. The van der Waals surface area contributed by atoms with Gasteiger partial charge in [0.2, 0.25) is 5.91 Å². The quantitative estimate of drug-likeness (QED) is 0.907. The van der Waals surface area contributed by atoms with E-state index < -0.39 is 5.54 Å². The van der Waals surface area contributed by atoms with Crippen LogP contribution in [0.2, 0.25) is 10.0 Å². The molecule has 2 rings (SSSR count). The molecule has 1 fully saturated rings. The molecular weight excluding hydrogens is 307 g/mol. The third-order valence-electron chi connectivity index (χ3n) is 4.14. The van der Waals surface area contributed by atoms with Crippen molar-refractivity contribution >= 4 is 29.1 Å². The average Bonchev–Trinajstić information content (AvgIpc) is 2.87. The number of nitrogens with two attached hydrogens (primary N) is 1. The van der Waals surface area contributed by atoms with E-state index in [1.165, 1.54) is 0 Å². The molecule has 5 heteroatoms. The Morgan fingerprint density at radius 3 is 2.43 bits per heavy atom. The molecule has 1 saturated carbocycles. The van der Waals surface area contributed by atoms with Gasteiger partial charge in [0.1, 0.15) is 0 Å². The predicted octanol–water partition coefficient (Wildman–Crippen LogP) is 4.00. The van der Waals surface area contributed by atoms with Crippen molar-refractivity contribution in [2.24, 2.45) is 5.73 Å². The number of nitrogens with zero attached hydrogens (tertiary/aromatic N) is 1. The lowest BCUT2D eigenvalue weighted by Crippen LogP contribution is -2.55. The molecule has 3 nitrogen and oxygen atoms in total. The van der Waals surface area contributed by atoms with Crippen LogP contribution in [0.5, 0.6) is 0 Å². The Bertz CT molecular complexity index is 525. The van der Waals surface area contributed by atoms with Crippen LogP contribution in [0.25, 0.3) is 0 Å². The van der Waals surface area contributed by atoms with Crippen molar-refractivity contribution in [3.05, 3.63) is 33.8 Å². The highest BCUT2D eigenvalue weighted by Gasteiger charge is 2.40. The second kappa shape index (κ2) is 6.55. The van der Waals surface area contributed by atoms with E-state index in [1.807, 2.05) is 30.9 Å². The highest BCUT2D eigenvalue weighted by Crippen LogP contribution is 2.31. The zero-order valence-corrected chi connectivity index (χ0v) is 14.0. The fourth-order valence-corrected chi connectivity index (χ4v) is 3.15. The Hall–Kier alpha value is -0.770. The van der Waals surface area contributed by atoms with Crippen LogP contribution in [0.4, 0.5) is 0 Å². The SMILES string of the molecule is CC(C)N(Cc1ccc(Cl)c(Cl)c1)C(=O)C1(N)CCCC1. The molecular formula is C16H22Cl2N2O. The standard InChI is InChI=1S/C16H22Cl2N2O/c1-11(2)20(15(21)16(19)7-3-4-8-16)10-12-5-6-13(17)14(18)9-12/h5-6,9,11H,3-4,7-8,10,19H2,1-2H3. The van der Waals surface area contributed by atoms with Crippen LogP contribution in [-0.4, -0.2) is 22.4 Å². The summed E-state index contributed by atoms with van der Waals surface area (Å²) in [5.41, 5.74) is 6.58. The first-order chi connectivity index (χ1) is 9.83. The molecule has 116 valence electrons. The van der Waals surface area contributed by atoms with Gasteiger partial charge in [-0.15, -0.1) is 0 Å². The Morgan fingerprint density at radius 2 is 1.90 bits per heavy atom. The monoisotopic (exact) mass is 328 g/mol. The highest BCUT2D eigenvalue weighted by molar-refractivity contribution is 6.42. The van der Waals surface area contributed by atoms with Gasteiger partial charge in [-0.25, -0.2) is 0 Å². The number of hydrogen-bond acceptors (Lipinski definition) is 2. The molecule has 1 aliphatic carbocycles. The van der Waals surface area contributed by atoms with Crippen molar-refractivity contribution < 1.29 is 4.79 Å². The Morgan fingerprint density at radius 1 is 1.29 bits per heavy atom. The van der Waals surface area contributed by atoms with Crippen molar-refractivity contribution in [3.63, 3.8) is 0 Å². The molecule has 0 saturated heterocycles. The largest absolute Gasteiger partial charge is 0.334 e. The molecule has 0 aliphatic heterocycles. The first kappa shape index (κ1) is 16.6. The fraction of sp³-hybridized carbons (Fsp3) is 0.562. The van der Waals surface area contributed by atoms with E-state index in [2.05, 4.69) is 0 Å². The zero-order valence-electron chi connectivity index (χ0n) is 12.5. The summed E-state index contributed by atoms with van der Waals surface area (Å²) in [7, 11) is 0. The molecule has 1 aliphatic rings. The maximum atomic E-state index is 12.8. The minimum absolute atomic E-state index is 0.0427. The van der Waals surface area contributed by atoms with E-state index in [-0.39, 0.29) is 11.9 Å². The molecule has 1 amide bonds. The summed E-state index contributed by atoms with van der Waals surface area (Å²) in [6.45, 7) is 4.52. The Balaban J connectivity index is 2.19. The van der Waals surface area contributed by atoms with Gasteiger partial charge in [-0.2, -0.15) is 0 Å². The van der Waals surface area contributed by atoms with Gasteiger partial charge in [0.15, 0.2) is 0 Å². The van der Waals surface area contributed by atoms with E-state index in [0.29, 0.717) is 16.6 Å². The van der Waals surface area contributed by atoms with Gasteiger partial charge in [-0.05, 0) is 44.4 Å². The second-order valence-electron chi connectivity index (χ2n) is 6.14. The van der Waals surface area contributed by atoms with Crippen molar-refractivity contribution in [1.29, 1.82) is 0 Å². The summed E-state index contributed by atoms with van der Waals surface area (Å²) in [5, 5.41) is 1.03. The van der Waals surface area contributed by atoms with Gasteiger partial charge in [0.05, 0.1) is 15.6 Å². The van der Waals surface area contributed by atoms with Crippen LogP contribution >= 0.6 is 23.2 Å². The minimum Gasteiger partial charge on any atom is -0.334 e. The van der Waals surface area contributed by atoms with Crippen molar-refractivity contribution in [2.45, 2.75) is 57.7 Å². The zero-order chi connectivity index (χ0) is 15.6. The predicted molar refractivity (Wildman–Crippen MR) is 87.5 cm³/mol. The number of amides is 1. The number of carbonyl (C=O) groups is 1. The first-order valence-electron chi connectivity index (χ1n) is 7.37. The maximum Gasteiger partial charge on any atom is 0.243 e. The lowest BCUT2D eigenvalue weighted by atomic mass is 9.96. The maximum absolute atomic E-state index is 12.8. The Kier molecular flexibility index (Phi) is 5.18. The van der Waals surface area contributed by atoms with E-state index in [9.17, 15) is 4.79 Å². The first-order valence-corrected chi connectivity index (χ1v) is 8.13. The van der Waals surface area contributed by atoms with Crippen molar-refractivity contribution in [3.8, 4) is 0 Å². The third kappa shape index (κ3) is 3.71. The number of rotatable bonds is 4. The molecule has 0 radical (unpaired) electrons. The third-order valence-corrected chi connectivity index (χ3v) is 4.88. The van der Waals surface area contributed by atoms with Crippen LogP contribution in [0.15, 0.2) is 18.2 Å². The molecule has 0 unspecified atom stereocenters. The van der Waals surface area contributed by atoms with Gasteiger partial charge in [0.25, 0.3) is 0 Å².